The van der Waals surface area contributed by atoms with Gasteiger partial charge in [-0.05, 0) is 42.9 Å². The van der Waals surface area contributed by atoms with Crippen LogP contribution in [0.2, 0.25) is 0 Å². The van der Waals surface area contributed by atoms with Gasteiger partial charge in [0.05, 0.1) is 0 Å². The molecule has 2 nitrogen and oxygen atoms in total. The van der Waals surface area contributed by atoms with Gasteiger partial charge in [0.1, 0.15) is 0 Å². The van der Waals surface area contributed by atoms with Gasteiger partial charge in [-0.15, -0.1) is 0 Å². The molecule has 2 heteroatoms. The van der Waals surface area contributed by atoms with E-state index in [1.807, 2.05) is 27.7 Å². The Hall–Kier alpha value is -1.80. The number of benzene rings is 2. The highest BCUT2D eigenvalue weighted by molar-refractivity contribution is 5.74. The van der Waals surface area contributed by atoms with Gasteiger partial charge in [-0.3, -0.25) is 0 Å². The van der Waals surface area contributed by atoms with Crippen LogP contribution in [0, 0.1) is 0 Å². The van der Waals surface area contributed by atoms with E-state index in [-0.39, 0.29) is 0 Å². The summed E-state index contributed by atoms with van der Waals surface area (Å²) in [5.41, 5.74) is 7.00. The molecule has 1 aliphatic rings. The van der Waals surface area contributed by atoms with E-state index < -0.39 is 0 Å². The minimum Gasteiger partial charge on any atom is -0.344 e. The molecule has 1 aliphatic heterocycles. The molecule has 2 aromatic carbocycles. The second-order valence-electron chi connectivity index (χ2n) is 5.52. The Morgan fingerprint density at radius 1 is 0.870 bits per heavy atom. The molecule has 1 heterocycles. The Morgan fingerprint density at radius 3 is 2.13 bits per heavy atom. The number of anilines is 2. The maximum absolute atomic E-state index is 2.31. The van der Waals surface area contributed by atoms with E-state index in [1.165, 1.54) is 28.1 Å². The average molecular weight is 313 g/mol. The van der Waals surface area contributed by atoms with Crippen LogP contribution in [0.1, 0.15) is 44.4 Å². The van der Waals surface area contributed by atoms with Gasteiger partial charge in [-0.2, -0.15) is 0 Å². The summed E-state index contributed by atoms with van der Waals surface area (Å²) in [4.78, 5) is 4.55. The van der Waals surface area contributed by atoms with Crippen LogP contribution in [0.4, 0.5) is 11.4 Å². The van der Waals surface area contributed by atoms with Crippen molar-refractivity contribution in [3.8, 4) is 0 Å². The Morgan fingerprint density at radius 2 is 1.48 bits per heavy atom. The zero-order valence-electron chi connectivity index (χ0n) is 15.9. The normalized spacial score (nSPS) is 11.6. The maximum Gasteiger partial charge on any atom is 0.0447 e. The van der Waals surface area contributed by atoms with E-state index in [2.05, 4.69) is 73.4 Å². The zero-order chi connectivity index (χ0) is 17.4. The molecule has 0 atom stereocenters. The topological polar surface area (TPSA) is 6.48 Å². The van der Waals surface area contributed by atoms with Crippen molar-refractivity contribution in [1.29, 1.82) is 0 Å². The lowest BCUT2D eigenvalue weighted by Crippen LogP contribution is -2.21. The van der Waals surface area contributed by atoms with Crippen LogP contribution in [-0.4, -0.2) is 26.0 Å². The van der Waals surface area contributed by atoms with Crippen molar-refractivity contribution < 1.29 is 0 Å². The third kappa shape index (κ3) is 4.35. The molecule has 2 aromatic rings. The van der Waals surface area contributed by atoms with Crippen molar-refractivity contribution in [3.05, 3.63) is 59.2 Å². The van der Waals surface area contributed by atoms with Crippen molar-refractivity contribution in [2.45, 2.75) is 40.7 Å². The lowest BCUT2D eigenvalue weighted by atomic mass is 9.92. The van der Waals surface area contributed by atoms with E-state index in [1.54, 1.807) is 0 Å². The number of fused-ring (bicyclic) bond motifs is 2. The van der Waals surface area contributed by atoms with Gasteiger partial charge in [0.2, 0.25) is 0 Å². The van der Waals surface area contributed by atoms with Gasteiger partial charge in [0.15, 0.2) is 0 Å². The van der Waals surface area contributed by atoms with Crippen LogP contribution in [0.5, 0.6) is 0 Å². The minimum absolute atomic E-state index is 0.999. The van der Waals surface area contributed by atoms with Crippen molar-refractivity contribution in [3.63, 3.8) is 0 Å². The quantitative estimate of drug-likeness (QED) is 0.725. The average Bonchev–Trinajstić information content (AvgIpc) is 2.59. The summed E-state index contributed by atoms with van der Waals surface area (Å²) in [5.74, 6) is 0. The highest BCUT2D eigenvalue weighted by atomic mass is 15.1. The molecule has 126 valence electrons. The second kappa shape index (κ2) is 9.36. The molecule has 0 unspecified atom stereocenters. The predicted molar refractivity (Wildman–Crippen MR) is 104 cm³/mol. The number of hydrogen-bond acceptors (Lipinski definition) is 2. The summed E-state index contributed by atoms with van der Waals surface area (Å²) in [6.45, 7) is 9.00. The van der Waals surface area contributed by atoms with Crippen molar-refractivity contribution in [2.75, 3.05) is 26.0 Å². The van der Waals surface area contributed by atoms with E-state index >= 15 is 0 Å². The van der Waals surface area contributed by atoms with Gasteiger partial charge in [-0.1, -0.05) is 58.0 Å². The Balaban J connectivity index is 0.000000615. The first kappa shape index (κ1) is 19.2. The molecule has 0 saturated heterocycles. The van der Waals surface area contributed by atoms with E-state index in [9.17, 15) is 0 Å². The van der Waals surface area contributed by atoms with Crippen molar-refractivity contribution in [2.24, 2.45) is 0 Å². The summed E-state index contributed by atoms with van der Waals surface area (Å²) >= 11 is 0. The van der Waals surface area contributed by atoms with Gasteiger partial charge in [0.25, 0.3) is 0 Å². The monoisotopic (exact) mass is 312 g/mol. The third-order valence-electron chi connectivity index (χ3n) is 3.82. The van der Waals surface area contributed by atoms with Crippen LogP contribution in [0.3, 0.4) is 0 Å². The minimum atomic E-state index is 0.999. The molecule has 0 radical (unpaired) electrons. The second-order valence-corrected chi connectivity index (χ2v) is 5.52. The van der Waals surface area contributed by atoms with Crippen LogP contribution >= 0.6 is 0 Å². The van der Waals surface area contributed by atoms with E-state index in [4.69, 9.17) is 0 Å². The highest BCUT2D eigenvalue weighted by Gasteiger charge is 2.21. The fourth-order valence-corrected chi connectivity index (χ4v) is 2.94. The molecular weight excluding hydrogens is 280 g/mol. The number of hydrogen-bond donors (Lipinski definition) is 0. The summed E-state index contributed by atoms with van der Waals surface area (Å²) in [6, 6.07) is 15.3. The predicted octanol–water partition coefficient (Wildman–Crippen LogP) is 5.47. The molecule has 0 N–H and O–H groups in total. The molecule has 0 amide bonds. The van der Waals surface area contributed by atoms with Gasteiger partial charge in [-0.25, -0.2) is 0 Å². The maximum atomic E-state index is 2.31. The Bertz CT molecular complexity index is 603. The fourth-order valence-electron chi connectivity index (χ4n) is 2.94. The molecule has 0 fully saturated rings. The SMILES string of the molecule is CC.CC.CN(C)Cc1cccc2c1Cc1ccccc1N2C. The molecule has 0 aromatic heterocycles. The molecule has 0 aliphatic carbocycles. The molecule has 0 bridgehead atoms. The zero-order valence-corrected chi connectivity index (χ0v) is 15.9. The van der Waals surface area contributed by atoms with Crippen molar-refractivity contribution in [1.82, 2.24) is 4.90 Å². The summed E-state index contributed by atoms with van der Waals surface area (Å²) in [5, 5.41) is 0. The summed E-state index contributed by atoms with van der Waals surface area (Å²) < 4.78 is 0. The Labute approximate surface area is 142 Å². The molecular formula is C21H32N2. The lowest BCUT2D eigenvalue weighted by molar-refractivity contribution is 0.401. The first-order chi connectivity index (χ1) is 11.2. The molecule has 23 heavy (non-hydrogen) atoms. The number of para-hydroxylation sites is 1. The number of rotatable bonds is 2. The van der Waals surface area contributed by atoms with Crippen LogP contribution in [0.15, 0.2) is 42.5 Å². The molecule has 3 rings (SSSR count). The van der Waals surface area contributed by atoms with E-state index in [0.29, 0.717) is 0 Å². The summed E-state index contributed by atoms with van der Waals surface area (Å²) in [6.07, 6.45) is 1.04. The largest absolute Gasteiger partial charge is 0.344 e. The standard InChI is InChI=1S/C17H20N2.2C2H6/c1-18(2)12-14-8-6-10-17-15(14)11-13-7-4-5-9-16(13)19(17)3;2*1-2/h4-10H,11-12H2,1-3H3;2*1-2H3. The van der Waals surface area contributed by atoms with E-state index in [0.717, 1.165) is 13.0 Å². The van der Waals surface area contributed by atoms with Crippen LogP contribution in [0.25, 0.3) is 0 Å². The highest BCUT2D eigenvalue weighted by Crippen LogP contribution is 2.38. The Kier molecular flexibility index (Phi) is 7.84. The summed E-state index contributed by atoms with van der Waals surface area (Å²) in [7, 11) is 6.41. The smallest absolute Gasteiger partial charge is 0.0447 e. The first-order valence-electron chi connectivity index (χ1n) is 8.74. The van der Waals surface area contributed by atoms with Crippen LogP contribution < -0.4 is 4.90 Å². The molecule has 0 saturated carbocycles. The van der Waals surface area contributed by atoms with Crippen LogP contribution in [-0.2, 0) is 13.0 Å². The fraction of sp³-hybridized carbons (Fsp3) is 0.429. The number of nitrogens with zero attached hydrogens (tertiary/aromatic N) is 2. The third-order valence-corrected chi connectivity index (χ3v) is 3.82. The van der Waals surface area contributed by atoms with Gasteiger partial charge >= 0.3 is 0 Å². The lowest BCUT2D eigenvalue weighted by Gasteiger charge is -2.32. The van der Waals surface area contributed by atoms with Gasteiger partial charge in [0, 0.05) is 31.4 Å². The first-order valence-corrected chi connectivity index (χ1v) is 8.74. The van der Waals surface area contributed by atoms with Crippen molar-refractivity contribution >= 4 is 11.4 Å². The molecule has 0 spiro atoms. The van der Waals surface area contributed by atoms with Gasteiger partial charge < -0.3 is 9.80 Å².